The van der Waals surface area contributed by atoms with E-state index in [-0.39, 0.29) is 5.91 Å². The van der Waals surface area contributed by atoms with Crippen LogP contribution in [0.15, 0.2) is 42.5 Å². The van der Waals surface area contributed by atoms with Gasteiger partial charge < -0.3 is 24.2 Å². The summed E-state index contributed by atoms with van der Waals surface area (Å²) in [6, 6.07) is 14.5. The number of nitrogens with zero attached hydrogens (tertiary/aromatic N) is 1. The monoisotopic (exact) mass is 411 g/mol. The van der Waals surface area contributed by atoms with E-state index in [1.165, 1.54) is 16.0 Å². The van der Waals surface area contributed by atoms with Crippen LogP contribution in [0.4, 0.5) is 5.69 Å². The van der Waals surface area contributed by atoms with Crippen molar-refractivity contribution in [1.29, 1.82) is 0 Å². The van der Waals surface area contributed by atoms with Crippen LogP contribution in [0, 0.1) is 0 Å². The molecule has 6 nitrogen and oxygen atoms in total. The van der Waals surface area contributed by atoms with Crippen molar-refractivity contribution in [2.75, 3.05) is 58.4 Å². The Morgan fingerprint density at radius 2 is 1.70 bits per heavy atom. The first-order chi connectivity index (χ1) is 14.7. The number of quaternary nitrogens is 2. The lowest BCUT2D eigenvalue weighted by Crippen LogP contribution is -3.28. The standard InChI is InChI=1S/C24H31N3O3/c1-29-22-10-9-19(16-23(22)30-2)17-25-12-14-26(15-13-25)18-24(28)27-11-5-7-20-6-3-4-8-21(20)27/h3-4,6,8-10,16H,5,7,11-15,17-18H2,1-2H3/p+2. The van der Waals surface area contributed by atoms with Crippen LogP contribution < -0.4 is 24.2 Å². The van der Waals surface area contributed by atoms with E-state index in [1.807, 2.05) is 17.0 Å². The smallest absolute Gasteiger partial charge is 0.282 e. The summed E-state index contributed by atoms with van der Waals surface area (Å²) in [5.74, 6) is 1.81. The van der Waals surface area contributed by atoms with Crippen molar-refractivity contribution in [2.45, 2.75) is 19.4 Å². The second kappa shape index (κ2) is 9.49. The number of nitrogens with one attached hydrogen (secondary N) is 2. The van der Waals surface area contributed by atoms with Crippen LogP contribution in [0.3, 0.4) is 0 Å². The van der Waals surface area contributed by atoms with Gasteiger partial charge in [-0.15, -0.1) is 0 Å². The summed E-state index contributed by atoms with van der Waals surface area (Å²) in [5.41, 5.74) is 3.68. The van der Waals surface area contributed by atoms with Gasteiger partial charge in [-0.3, -0.25) is 4.79 Å². The molecular formula is C24H33N3O3+2. The Labute approximate surface area is 179 Å². The molecule has 0 aromatic heterocycles. The highest BCUT2D eigenvalue weighted by Crippen LogP contribution is 2.27. The Hall–Kier alpha value is -2.57. The fraction of sp³-hybridized carbons (Fsp3) is 0.458. The predicted octanol–water partition coefficient (Wildman–Crippen LogP) is -0.0334. The second-order valence-electron chi connectivity index (χ2n) is 8.32. The van der Waals surface area contributed by atoms with Crippen LogP contribution in [-0.2, 0) is 17.8 Å². The topological polar surface area (TPSA) is 47.7 Å². The van der Waals surface area contributed by atoms with Crippen LogP contribution in [0.1, 0.15) is 17.5 Å². The van der Waals surface area contributed by atoms with E-state index in [2.05, 4.69) is 30.3 Å². The molecule has 30 heavy (non-hydrogen) atoms. The minimum Gasteiger partial charge on any atom is -0.493 e. The lowest BCUT2D eigenvalue weighted by molar-refractivity contribution is -1.02. The van der Waals surface area contributed by atoms with Crippen molar-refractivity contribution in [1.82, 2.24) is 0 Å². The minimum atomic E-state index is 0.264. The summed E-state index contributed by atoms with van der Waals surface area (Å²) in [4.78, 5) is 18.0. The Morgan fingerprint density at radius 3 is 2.47 bits per heavy atom. The molecule has 4 rings (SSSR count). The molecule has 0 saturated carbocycles. The van der Waals surface area contributed by atoms with E-state index < -0.39 is 0 Å². The van der Waals surface area contributed by atoms with Gasteiger partial charge in [0.1, 0.15) is 32.7 Å². The van der Waals surface area contributed by atoms with Gasteiger partial charge in [-0.2, -0.15) is 0 Å². The summed E-state index contributed by atoms with van der Waals surface area (Å²) in [5, 5.41) is 0. The van der Waals surface area contributed by atoms with Crippen LogP contribution >= 0.6 is 0 Å². The molecule has 1 saturated heterocycles. The molecule has 160 valence electrons. The predicted molar refractivity (Wildman–Crippen MR) is 117 cm³/mol. The van der Waals surface area contributed by atoms with Gasteiger partial charge >= 0.3 is 0 Å². The SMILES string of the molecule is COc1ccc(C[NH+]2CC[NH+](CC(=O)N3CCCc4ccccc43)CC2)cc1OC. The summed E-state index contributed by atoms with van der Waals surface area (Å²) in [6.45, 7) is 6.63. The number of ether oxygens (including phenoxy) is 2. The first-order valence-electron chi connectivity index (χ1n) is 10.9. The number of aryl methyl sites for hydroxylation is 1. The molecule has 0 bridgehead atoms. The lowest BCUT2D eigenvalue weighted by Gasteiger charge is -2.33. The maximum absolute atomic E-state index is 13.0. The third kappa shape index (κ3) is 4.60. The number of para-hydroxylation sites is 1. The van der Waals surface area contributed by atoms with Crippen molar-refractivity contribution < 1.29 is 24.1 Å². The third-order valence-corrected chi connectivity index (χ3v) is 6.38. The molecule has 0 aliphatic carbocycles. The molecule has 0 atom stereocenters. The van der Waals surface area contributed by atoms with Gasteiger partial charge in [0.2, 0.25) is 0 Å². The molecule has 0 spiro atoms. The number of carbonyl (C=O) groups is 1. The average Bonchev–Trinajstić information content (AvgIpc) is 2.79. The van der Waals surface area contributed by atoms with Crippen molar-refractivity contribution in [3.05, 3.63) is 53.6 Å². The van der Waals surface area contributed by atoms with E-state index in [1.54, 1.807) is 19.1 Å². The molecule has 2 heterocycles. The molecule has 0 unspecified atom stereocenters. The molecule has 2 aromatic carbocycles. The van der Waals surface area contributed by atoms with Crippen molar-refractivity contribution in [2.24, 2.45) is 0 Å². The van der Waals surface area contributed by atoms with Gasteiger partial charge in [-0.1, -0.05) is 18.2 Å². The molecule has 2 aromatic rings. The zero-order chi connectivity index (χ0) is 20.9. The quantitative estimate of drug-likeness (QED) is 0.702. The summed E-state index contributed by atoms with van der Waals surface area (Å²) in [7, 11) is 3.34. The normalized spacial score (nSPS) is 21.1. The second-order valence-corrected chi connectivity index (χ2v) is 8.32. The van der Waals surface area contributed by atoms with E-state index in [0.717, 1.165) is 69.3 Å². The summed E-state index contributed by atoms with van der Waals surface area (Å²) in [6.07, 6.45) is 2.13. The molecule has 2 aliphatic heterocycles. The fourth-order valence-corrected chi connectivity index (χ4v) is 4.69. The van der Waals surface area contributed by atoms with Crippen LogP contribution in [0.2, 0.25) is 0 Å². The highest BCUT2D eigenvalue weighted by atomic mass is 16.5. The van der Waals surface area contributed by atoms with Crippen molar-refractivity contribution in [3.8, 4) is 11.5 Å². The maximum Gasteiger partial charge on any atom is 0.282 e. The third-order valence-electron chi connectivity index (χ3n) is 6.38. The van der Waals surface area contributed by atoms with Gasteiger partial charge in [0.25, 0.3) is 5.91 Å². The van der Waals surface area contributed by atoms with E-state index >= 15 is 0 Å². The zero-order valence-electron chi connectivity index (χ0n) is 18.1. The number of piperazine rings is 1. The van der Waals surface area contributed by atoms with Crippen molar-refractivity contribution >= 4 is 11.6 Å². The molecular weight excluding hydrogens is 378 g/mol. The number of methoxy groups -OCH3 is 2. The number of anilines is 1. The largest absolute Gasteiger partial charge is 0.493 e. The first-order valence-corrected chi connectivity index (χ1v) is 10.9. The Morgan fingerprint density at radius 1 is 0.967 bits per heavy atom. The highest BCUT2D eigenvalue weighted by molar-refractivity contribution is 5.95. The number of carbonyl (C=O) groups excluding carboxylic acids is 1. The van der Waals surface area contributed by atoms with Gasteiger partial charge in [0, 0.05) is 17.8 Å². The fourth-order valence-electron chi connectivity index (χ4n) is 4.69. The van der Waals surface area contributed by atoms with E-state index in [9.17, 15) is 4.79 Å². The minimum absolute atomic E-state index is 0.264. The van der Waals surface area contributed by atoms with Gasteiger partial charge in [0.05, 0.1) is 14.2 Å². The number of hydrogen-bond acceptors (Lipinski definition) is 3. The Bertz CT molecular complexity index is 878. The highest BCUT2D eigenvalue weighted by Gasteiger charge is 2.29. The first kappa shape index (κ1) is 20.7. The van der Waals surface area contributed by atoms with E-state index in [0.29, 0.717) is 6.54 Å². The average molecular weight is 412 g/mol. The number of hydrogen-bond donors (Lipinski definition) is 2. The molecule has 2 N–H and O–H groups in total. The number of amides is 1. The molecule has 1 amide bonds. The molecule has 1 fully saturated rings. The summed E-state index contributed by atoms with van der Waals surface area (Å²) < 4.78 is 10.8. The van der Waals surface area contributed by atoms with Crippen LogP contribution in [0.5, 0.6) is 11.5 Å². The van der Waals surface area contributed by atoms with Gasteiger partial charge in [-0.25, -0.2) is 0 Å². The number of rotatable bonds is 6. The lowest BCUT2D eigenvalue weighted by atomic mass is 10.0. The molecule has 6 heteroatoms. The maximum atomic E-state index is 13.0. The van der Waals surface area contributed by atoms with Gasteiger partial charge in [0.15, 0.2) is 18.0 Å². The van der Waals surface area contributed by atoms with E-state index in [4.69, 9.17) is 9.47 Å². The number of fused-ring (bicyclic) bond motifs is 1. The zero-order valence-corrected chi connectivity index (χ0v) is 18.1. The van der Waals surface area contributed by atoms with Crippen LogP contribution in [-0.4, -0.2) is 59.4 Å². The number of benzene rings is 2. The van der Waals surface area contributed by atoms with Crippen molar-refractivity contribution in [3.63, 3.8) is 0 Å². The Balaban J connectivity index is 1.30. The van der Waals surface area contributed by atoms with Gasteiger partial charge in [-0.05, 0) is 42.7 Å². The Kier molecular flexibility index (Phi) is 6.55. The molecule has 2 aliphatic rings. The molecule has 0 radical (unpaired) electrons. The summed E-state index contributed by atoms with van der Waals surface area (Å²) >= 11 is 0. The van der Waals surface area contributed by atoms with Crippen LogP contribution in [0.25, 0.3) is 0 Å².